The fourth-order valence-corrected chi connectivity index (χ4v) is 13.8. The summed E-state index contributed by atoms with van der Waals surface area (Å²) in [4.78, 5) is 0. The van der Waals surface area contributed by atoms with Gasteiger partial charge in [0.1, 0.15) is 0 Å². The summed E-state index contributed by atoms with van der Waals surface area (Å²) in [7, 11) is 2.40. The van der Waals surface area contributed by atoms with E-state index in [1.165, 1.54) is 48.0 Å². The Morgan fingerprint density at radius 2 is 1.00 bits per heavy atom. The van der Waals surface area contributed by atoms with E-state index in [0.29, 0.717) is 6.04 Å². The summed E-state index contributed by atoms with van der Waals surface area (Å²) in [5, 5.41) is 4.33. The van der Waals surface area contributed by atoms with Gasteiger partial charge in [0, 0.05) is 0 Å². The van der Waals surface area contributed by atoms with Crippen molar-refractivity contribution in [2.45, 2.75) is 38.1 Å². The topological polar surface area (TPSA) is 3.24 Å². The molecule has 0 spiro atoms. The van der Waals surface area contributed by atoms with Gasteiger partial charge in [-0.15, -0.1) is 0 Å². The Kier molecular flexibility index (Phi) is 5.92. The van der Waals surface area contributed by atoms with Crippen LogP contribution in [-0.4, -0.2) is 17.8 Å². The molecule has 1 saturated carbocycles. The molecule has 3 heteroatoms. The van der Waals surface area contributed by atoms with Crippen LogP contribution in [0.5, 0.6) is 0 Å². The van der Waals surface area contributed by atoms with Gasteiger partial charge in [0.25, 0.3) is 0 Å². The van der Waals surface area contributed by atoms with Gasteiger partial charge in [-0.1, -0.05) is 0 Å². The van der Waals surface area contributed by atoms with Gasteiger partial charge < -0.3 is 0 Å². The number of rotatable bonds is 5. The minimum atomic E-state index is -2.83. The SMILES string of the molecule is CN(C1CCCCC1)P(I)(c1ccccc1)(c1ccccc1)c1ccccc1. The van der Waals surface area contributed by atoms with Crippen LogP contribution in [-0.2, 0) is 0 Å². The Morgan fingerprint density at radius 3 is 1.36 bits per heavy atom. The molecular formula is C25H29INP. The Bertz CT molecular complexity index is 792. The molecule has 0 aromatic heterocycles. The molecule has 0 aliphatic heterocycles. The first kappa shape index (κ1) is 20.1. The Morgan fingerprint density at radius 1 is 0.643 bits per heavy atom. The summed E-state index contributed by atoms with van der Waals surface area (Å²) < 4.78 is -0.0341. The first-order chi connectivity index (χ1) is 13.7. The molecule has 1 fully saturated rings. The molecule has 0 radical (unpaired) electrons. The Labute approximate surface area is 182 Å². The summed E-state index contributed by atoms with van der Waals surface area (Å²) in [6.45, 7) is 0. The van der Waals surface area contributed by atoms with E-state index in [4.69, 9.17) is 0 Å². The minimum absolute atomic E-state index is 0.615. The molecule has 1 nitrogen and oxygen atoms in total. The van der Waals surface area contributed by atoms with E-state index in [-0.39, 0.29) is 0 Å². The van der Waals surface area contributed by atoms with E-state index in [1.54, 1.807) is 0 Å². The zero-order valence-corrected chi connectivity index (χ0v) is 19.6. The van der Waals surface area contributed by atoms with Crippen LogP contribution in [0.2, 0.25) is 0 Å². The summed E-state index contributed by atoms with van der Waals surface area (Å²) in [6.07, 6.45) is 6.66. The molecule has 28 heavy (non-hydrogen) atoms. The fraction of sp³-hybridized carbons (Fsp3) is 0.280. The second kappa shape index (κ2) is 8.26. The maximum absolute atomic E-state index is 2.89. The van der Waals surface area contributed by atoms with Gasteiger partial charge in [-0.05, 0) is 0 Å². The van der Waals surface area contributed by atoms with E-state index in [1.807, 2.05) is 0 Å². The molecule has 0 N–H and O–H groups in total. The molecule has 4 rings (SSSR count). The Balaban J connectivity index is 2.06. The number of benzene rings is 3. The molecule has 0 saturated heterocycles. The fourth-order valence-electron chi connectivity index (χ4n) is 4.86. The average molecular weight is 501 g/mol. The van der Waals surface area contributed by atoms with E-state index < -0.39 is 4.40 Å². The third kappa shape index (κ3) is 3.14. The van der Waals surface area contributed by atoms with E-state index >= 15 is 0 Å². The normalized spacial score (nSPS) is 17.2. The molecule has 1 aliphatic carbocycles. The predicted molar refractivity (Wildman–Crippen MR) is 134 cm³/mol. The van der Waals surface area contributed by atoms with E-state index in [2.05, 4.69) is 125 Å². The Hall–Kier alpha value is -1.22. The van der Waals surface area contributed by atoms with Crippen molar-refractivity contribution in [1.82, 2.24) is 4.67 Å². The predicted octanol–water partition coefficient (Wildman–Crippen LogP) is 6.05. The van der Waals surface area contributed by atoms with Crippen molar-refractivity contribution in [2.75, 3.05) is 7.05 Å². The molecule has 146 valence electrons. The van der Waals surface area contributed by atoms with Gasteiger partial charge in [-0.3, -0.25) is 0 Å². The van der Waals surface area contributed by atoms with Crippen LogP contribution in [0.4, 0.5) is 0 Å². The summed E-state index contributed by atoms with van der Waals surface area (Å²) in [5.41, 5.74) is 0. The van der Waals surface area contributed by atoms with Crippen molar-refractivity contribution >= 4 is 42.4 Å². The maximum atomic E-state index is 2.89. The first-order valence-corrected chi connectivity index (χ1v) is 15.3. The van der Waals surface area contributed by atoms with Crippen molar-refractivity contribution in [2.24, 2.45) is 0 Å². The van der Waals surface area contributed by atoms with Gasteiger partial charge in [-0.2, -0.15) is 0 Å². The van der Waals surface area contributed by atoms with Gasteiger partial charge in [0.2, 0.25) is 0 Å². The van der Waals surface area contributed by atoms with Gasteiger partial charge in [0.15, 0.2) is 0 Å². The average Bonchev–Trinajstić information content (AvgIpc) is 2.80. The van der Waals surface area contributed by atoms with Crippen LogP contribution in [0.25, 0.3) is 0 Å². The molecule has 3 aromatic carbocycles. The molecule has 0 amide bonds. The third-order valence-electron chi connectivity index (χ3n) is 6.38. The summed E-state index contributed by atoms with van der Waals surface area (Å²) in [5.74, 6) is 0. The first-order valence-electron chi connectivity index (χ1n) is 10.3. The van der Waals surface area contributed by atoms with Crippen molar-refractivity contribution in [3.8, 4) is 0 Å². The second-order valence-electron chi connectivity index (χ2n) is 7.84. The van der Waals surface area contributed by atoms with Crippen molar-refractivity contribution < 1.29 is 0 Å². The van der Waals surface area contributed by atoms with Gasteiger partial charge >= 0.3 is 183 Å². The molecule has 3 aromatic rings. The van der Waals surface area contributed by atoms with Crippen LogP contribution < -0.4 is 15.9 Å². The van der Waals surface area contributed by atoms with E-state index in [9.17, 15) is 0 Å². The van der Waals surface area contributed by atoms with Gasteiger partial charge in [-0.25, -0.2) is 0 Å². The van der Waals surface area contributed by atoms with E-state index in [0.717, 1.165) is 0 Å². The molecule has 0 unspecified atom stereocenters. The van der Waals surface area contributed by atoms with Crippen molar-refractivity contribution in [3.63, 3.8) is 0 Å². The zero-order chi connectivity index (χ0) is 19.5. The quantitative estimate of drug-likeness (QED) is 0.304. The van der Waals surface area contributed by atoms with Crippen LogP contribution in [0.15, 0.2) is 91.0 Å². The number of halogens is 1. The number of hydrogen-bond acceptors (Lipinski definition) is 1. The molecule has 1 aliphatic rings. The van der Waals surface area contributed by atoms with Crippen LogP contribution >= 0.6 is 26.4 Å². The summed E-state index contributed by atoms with van der Waals surface area (Å²) >= 11 is 2.89. The summed E-state index contributed by atoms with van der Waals surface area (Å²) in [6, 6.07) is 34.4. The standard InChI is InChI=1S/C25H29INP/c1-27(22-14-6-2-7-15-22)28(26,23-16-8-3-9-17-23,24-18-10-4-11-19-24)25-20-12-5-13-21-25/h3-5,8-13,16-22H,2,6-7,14-15H2,1H3. The van der Waals surface area contributed by atoms with Crippen molar-refractivity contribution in [1.29, 1.82) is 0 Å². The van der Waals surface area contributed by atoms with Crippen LogP contribution in [0.1, 0.15) is 32.1 Å². The molecule has 0 heterocycles. The molecule has 0 bridgehead atoms. The zero-order valence-electron chi connectivity index (χ0n) is 16.5. The monoisotopic (exact) mass is 501 g/mol. The second-order valence-corrected chi connectivity index (χ2v) is 17.6. The number of hydrogen-bond donors (Lipinski definition) is 0. The van der Waals surface area contributed by atoms with Crippen LogP contribution in [0, 0.1) is 0 Å². The molecular weight excluding hydrogens is 472 g/mol. The van der Waals surface area contributed by atoms with Crippen LogP contribution in [0.3, 0.4) is 0 Å². The van der Waals surface area contributed by atoms with Gasteiger partial charge in [0.05, 0.1) is 0 Å². The third-order valence-corrected chi connectivity index (χ3v) is 18.7. The van der Waals surface area contributed by atoms with Crippen molar-refractivity contribution in [3.05, 3.63) is 91.0 Å². The number of nitrogens with zero attached hydrogens (tertiary/aromatic N) is 1. The molecule has 0 atom stereocenters.